The van der Waals surface area contributed by atoms with Crippen molar-refractivity contribution in [3.8, 4) is 5.75 Å². The Labute approximate surface area is 166 Å². The Balaban J connectivity index is 1.36. The molecule has 6 heteroatoms. The first-order valence-corrected chi connectivity index (χ1v) is 10.4. The highest BCUT2D eigenvalue weighted by Gasteiger charge is 2.24. The van der Waals surface area contributed by atoms with Crippen LogP contribution in [0.15, 0.2) is 18.2 Å². The van der Waals surface area contributed by atoms with Crippen LogP contribution in [0.5, 0.6) is 5.75 Å². The van der Waals surface area contributed by atoms with Crippen LogP contribution in [-0.2, 0) is 20.9 Å². The quantitative estimate of drug-likeness (QED) is 0.653. The molecule has 28 heavy (non-hydrogen) atoms. The zero-order chi connectivity index (χ0) is 19.9. The molecule has 1 amide bonds. The number of halogens is 1. The fourth-order valence-corrected chi connectivity index (χ4v) is 3.49. The Kier molecular flexibility index (Phi) is 7.68. The van der Waals surface area contributed by atoms with Crippen LogP contribution in [0.1, 0.15) is 57.9 Å². The summed E-state index contributed by atoms with van der Waals surface area (Å²) in [5, 5.41) is 2.82. The first kappa shape index (κ1) is 21.1. The highest BCUT2D eigenvalue weighted by atomic mass is 19.1. The minimum Gasteiger partial charge on any atom is -0.493 e. The molecular weight excluding hydrogens is 361 g/mol. The van der Waals surface area contributed by atoms with E-state index in [1.165, 1.54) is 25.8 Å². The summed E-state index contributed by atoms with van der Waals surface area (Å²) in [6, 6.07) is 4.92. The van der Waals surface area contributed by atoms with Crippen molar-refractivity contribution in [2.45, 2.75) is 77.2 Å². The van der Waals surface area contributed by atoms with Crippen molar-refractivity contribution in [2.24, 2.45) is 5.92 Å². The van der Waals surface area contributed by atoms with Gasteiger partial charge >= 0.3 is 0 Å². The van der Waals surface area contributed by atoms with Crippen LogP contribution in [0.3, 0.4) is 0 Å². The highest BCUT2D eigenvalue weighted by molar-refractivity contribution is 5.73. The number of hydrogen-bond acceptors (Lipinski definition) is 4. The van der Waals surface area contributed by atoms with E-state index in [2.05, 4.69) is 5.32 Å². The average Bonchev–Trinajstić information content (AvgIpc) is 3.49. The van der Waals surface area contributed by atoms with Crippen molar-refractivity contribution in [2.75, 3.05) is 13.2 Å². The summed E-state index contributed by atoms with van der Waals surface area (Å²) in [5.41, 5.74) is 0.552. The van der Waals surface area contributed by atoms with Gasteiger partial charge in [-0.2, -0.15) is 0 Å². The number of amides is 1. The Hall–Kier alpha value is -1.66. The Morgan fingerprint density at radius 1 is 1.14 bits per heavy atom. The number of carbonyl (C=O) groups excluding carboxylic acids is 1. The lowest BCUT2D eigenvalue weighted by molar-refractivity contribution is -0.120. The van der Waals surface area contributed by atoms with Crippen LogP contribution in [0.2, 0.25) is 0 Å². The zero-order valence-corrected chi connectivity index (χ0v) is 16.9. The van der Waals surface area contributed by atoms with Crippen molar-refractivity contribution in [1.29, 1.82) is 0 Å². The van der Waals surface area contributed by atoms with E-state index in [4.69, 9.17) is 14.2 Å². The first-order valence-electron chi connectivity index (χ1n) is 10.4. The lowest BCUT2D eigenvalue weighted by atomic mass is 9.95. The van der Waals surface area contributed by atoms with Crippen molar-refractivity contribution >= 4 is 5.91 Å². The molecule has 1 N–H and O–H groups in total. The molecule has 0 heterocycles. The van der Waals surface area contributed by atoms with E-state index in [0.717, 1.165) is 38.0 Å². The lowest BCUT2D eigenvalue weighted by Crippen LogP contribution is -2.36. The number of rotatable bonds is 10. The van der Waals surface area contributed by atoms with Crippen LogP contribution in [0, 0.1) is 11.7 Å². The molecule has 0 aliphatic heterocycles. The number of benzene rings is 1. The van der Waals surface area contributed by atoms with Crippen LogP contribution in [-0.4, -0.2) is 37.4 Å². The van der Waals surface area contributed by atoms with Gasteiger partial charge in [-0.05, 0) is 69.6 Å². The summed E-state index contributed by atoms with van der Waals surface area (Å²) in [7, 11) is 0. The van der Waals surface area contributed by atoms with Crippen molar-refractivity contribution in [3.63, 3.8) is 0 Å². The number of hydrogen-bond donors (Lipinski definition) is 1. The lowest BCUT2D eigenvalue weighted by Gasteiger charge is -2.29. The minimum atomic E-state index is -0.247. The Bertz CT molecular complexity index is 641. The topological polar surface area (TPSA) is 56.8 Å². The molecule has 0 aromatic heterocycles. The second kappa shape index (κ2) is 10.2. The Morgan fingerprint density at radius 2 is 1.82 bits per heavy atom. The van der Waals surface area contributed by atoms with Gasteiger partial charge in [0.2, 0.25) is 5.91 Å². The predicted molar refractivity (Wildman–Crippen MR) is 105 cm³/mol. The molecule has 0 radical (unpaired) electrons. The first-order chi connectivity index (χ1) is 13.5. The Morgan fingerprint density at radius 3 is 2.46 bits per heavy atom. The molecule has 0 unspecified atom stereocenters. The molecule has 0 saturated heterocycles. The maximum absolute atomic E-state index is 14.1. The maximum atomic E-state index is 14.1. The third-order valence-corrected chi connectivity index (χ3v) is 5.33. The van der Waals surface area contributed by atoms with Gasteiger partial charge in [0.1, 0.15) is 11.6 Å². The van der Waals surface area contributed by atoms with Gasteiger partial charge in [0.15, 0.2) is 0 Å². The van der Waals surface area contributed by atoms with E-state index >= 15 is 0 Å². The molecule has 3 rings (SSSR count). The summed E-state index contributed by atoms with van der Waals surface area (Å²) in [6.45, 7) is 4.96. The molecule has 156 valence electrons. The van der Waals surface area contributed by atoms with Gasteiger partial charge in [-0.25, -0.2) is 4.39 Å². The van der Waals surface area contributed by atoms with E-state index in [9.17, 15) is 9.18 Å². The summed E-state index contributed by atoms with van der Waals surface area (Å²) < 4.78 is 31.7. The van der Waals surface area contributed by atoms with E-state index in [1.54, 1.807) is 12.1 Å². The number of ether oxygens (including phenoxy) is 3. The molecule has 2 aliphatic carbocycles. The summed E-state index contributed by atoms with van der Waals surface area (Å²) in [5.74, 6) is 1.10. The van der Waals surface area contributed by atoms with Gasteiger partial charge in [0.25, 0.3) is 0 Å². The molecule has 2 aliphatic rings. The smallest absolute Gasteiger partial charge is 0.217 e. The van der Waals surface area contributed by atoms with Gasteiger partial charge in [0, 0.05) is 18.5 Å². The second-order valence-corrected chi connectivity index (χ2v) is 8.15. The normalized spacial score (nSPS) is 23.2. The van der Waals surface area contributed by atoms with Crippen molar-refractivity contribution in [1.82, 2.24) is 5.32 Å². The van der Waals surface area contributed by atoms with E-state index in [-0.39, 0.29) is 36.6 Å². The van der Waals surface area contributed by atoms with E-state index < -0.39 is 0 Å². The third kappa shape index (κ3) is 7.06. The van der Waals surface area contributed by atoms with Crippen LogP contribution in [0.25, 0.3) is 0 Å². The largest absolute Gasteiger partial charge is 0.493 e. The van der Waals surface area contributed by atoms with Gasteiger partial charge in [0.05, 0.1) is 32.0 Å². The van der Waals surface area contributed by atoms with Crippen LogP contribution >= 0.6 is 0 Å². The van der Waals surface area contributed by atoms with Gasteiger partial charge in [-0.3, -0.25) is 4.79 Å². The maximum Gasteiger partial charge on any atom is 0.217 e. The van der Waals surface area contributed by atoms with E-state index in [0.29, 0.717) is 18.1 Å². The summed E-state index contributed by atoms with van der Waals surface area (Å²) in [4.78, 5) is 11.0. The van der Waals surface area contributed by atoms with Crippen LogP contribution < -0.4 is 10.1 Å². The number of carbonyl (C=O) groups is 1. The molecule has 0 bridgehead atoms. The molecule has 1 aromatic carbocycles. The average molecular weight is 393 g/mol. The molecule has 5 nitrogen and oxygen atoms in total. The van der Waals surface area contributed by atoms with Crippen molar-refractivity contribution < 1.29 is 23.4 Å². The zero-order valence-electron chi connectivity index (χ0n) is 16.9. The third-order valence-electron chi connectivity index (χ3n) is 5.33. The predicted octanol–water partition coefficient (Wildman–Crippen LogP) is 3.98. The minimum absolute atomic E-state index is 0.0175. The molecule has 2 fully saturated rings. The van der Waals surface area contributed by atoms with Crippen molar-refractivity contribution in [3.05, 3.63) is 29.6 Å². The molecule has 2 saturated carbocycles. The van der Waals surface area contributed by atoms with Gasteiger partial charge in [-0.1, -0.05) is 0 Å². The summed E-state index contributed by atoms with van der Waals surface area (Å²) >= 11 is 0. The van der Waals surface area contributed by atoms with Gasteiger partial charge < -0.3 is 19.5 Å². The fourth-order valence-electron chi connectivity index (χ4n) is 3.49. The molecule has 0 spiro atoms. The van der Waals surface area contributed by atoms with E-state index in [1.807, 2.05) is 6.92 Å². The SMILES string of the molecule is CC(=O)N[C@@H](C)COC1CCC(OCc2cc(OCC3CC3)ccc2F)CC1. The molecule has 1 aromatic rings. The second-order valence-electron chi connectivity index (χ2n) is 8.15. The standard InChI is InChI=1S/C22H32FNO4/c1-15(24-16(2)25)12-26-19-5-7-20(8-6-19)28-14-18-11-21(9-10-22(18)23)27-13-17-3-4-17/h9-11,15,17,19-20H,3-8,12-14H2,1-2H3,(H,24,25)/t15-,19?,20?/m0/s1. The fraction of sp³-hybridized carbons (Fsp3) is 0.682. The molecular formula is C22H32FNO4. The monoisotopic (exact) mass is 393 g/mol. The van der Waals surface area contributed by atoms with Crippen LogP contribution in [0.4, 0.5) is 4.39 Å². The highest BCUT2D eigenvalue weighted by Crippen LogP contribution is 2.30. The molecule has 1 atom stereocenters. The van der Waals surface area contributed by atoms with Gasteiger partial charge in [-0.15, -0.1) is 0 Å². The summed E-state index contributed by atoms with van der Waals surface area (Å²) in [6.07, 6.45) is 6.44. The number of nitrogens with one attached hydrogen (secondary N) is 1.